The first-order valence-electron chi connectivity index (χ1n) is 9.33. The molecule has 4 nitrogen and oxygen atoms in total. The van der Waals surface area contributed by atoms with Crippen LogP contribution in [0, 0.1) is 5.82 Å². The maximum atomic E-state index is 14.0. The first-order chi connectivity index (χ1) is 12.3. The first-order valence-corrected chi connectivity index (χ1v) is 10.2. The van der Waals surface area contributed by atoms with Crippen molar-refractivity contribution in [3.63, 3.8) is 0 Å². The molecule has 0 aromatic carbocycles. The summed E-state index contributed by atoms with van der Waals surface area (Å²) < 4.78 is 14.0. The van der Waals surface area contributed by atoms with Crippen LogP contribution in [-0.2, 0) is 6.54 Å². The molecule has 132 valence electrons. The number of rotatable bonds is 4. The van der Waals surface area contributed by atoms with Crippen LogP contribution < -0.4 is 4.90 Å². The Labute approximate surface area is 151 Å². The van der Waals surface area contributed by atoms with Gasteiger partial charge in [0.15, 0.2) is 11.6 Å². The number of fused-ring (bicyclic) bond motifs is 2. The van der Waals surface area contributed by atoms with Crippen LogP contribution in [0.15, 0.2) is 23.7 Å². The van der Waals surface area contributed by atoms with Gasteiger partial charge < -0.3 is 4.90 Å². The third-order valence-electron chi connectivity index (χ3n) is 6.00. The van der Waals surface area contributed by atoms with E-state index in [0.717, 1.165) is 26.1 Å². The molecule has 2 saturated heterocycles. The smallest absolute Gasteiger partial charge is 0.165 e. The molecule has 0 N–H and O–H groups in total. The fraction of sp³-hybridized carbons (Fsp3) is 0.579. The molecular formula is C19H23FN4S. The van der Waals surface area contributed by atoms with Crippen LogP contribution in [0.5, 0.6) is 0 Å². The summed E-state index contributed by atoms with van der Waals surface area (Å²) in [6.45, 7) is 2.79. The summed E-state index contributed by atoms with van der Waals surface area (Å²) in [5.41, 5.74) is 1.22. The topological polar surface area (TPSA) is 32.3 Å². The quantitative estimate of drug-likeness (QED) is 0.832. The van der Waals surface area contributed by atoms with Gasteiger partial charge in [-0.05, 0) is 31.4 Å². The summed E-state index contributed by atoms with van der Waals surface area (Å²) >= 11 is 1.84. The summed E-state index contributed by atoms with van der Waals surface area (Å²) in [7, 11) is 0. The Bertz CT molecular complexity index is 757. The van der Waals surface area contributed by atoms with Gasteiger partial charge in [-0.3, -0.25) is 4.90 Å². The Morgan fingerprint density at radius 3 is 2.84 bits per heavy atom. The third kappa shape index (κ3) is 2.85. The van der Waals surface area contributed by atoms with Crippen molar-refractivity contribution in [2.24, 2.45) is 0 Å². The maximum absolute atomic E-state index is 14.0. The Kier molecular flexibility index (Phi) is 3.97. The number of pyridine rings is 1. The molecule has 4 heterocycles. The van der Waals surface area contributed by atoms with Gasteiger partial charge in [0.05, 0.1) is 10.7 Å². The number of anilines is 1. The van der Waals surface area contributed by atoms with Crippen LogP contribution in [-0.4, -0.2) is 40.0 Å². The van der Waals surface area contributed by atoms with Crippen molar-refractivity contribution in [3.8, 4) is 0 Å². The standard InChI is InChI=1S/C19H23FN4S/c20-17-6-3-7-21-18(17)24-11-15-8-16(24)10-23(15)9-14-12-25-19(22-14)13-4-1-2-5-13/h3,6-7,12-13,15-16H,1-2,4-5,8-11H2. The molecule has 1 saturated carbocycles. The second-order valence-electron chi connectivity index (χ2n) is 7.59. The number of halogens is 1. The number of thiazole rings is 1. The Morgan fingerprint density at radius 2 is 2.08 bits per heavy atom. The van der Waals surface area contributed by atoms with Crippen LogP contribution in [0.25, 0.3) is 0 Å². The predicted molar refractivity (Wildman–Crippen MR) is 97.5 cm³/mol. The van der Waals surface area contributed by atoms with Gasteiger partial charge in [-0.15, -0.1) is 11.3 Å². The molecule has 3 aliphatic rings. The number of piperazine rings is 1. The van der Waals surface area contributed by atoms with Crippen molar-refractivity contribution in [3.05, 3.63) is 40.2 Å². The lowest BCUT2D eigenvalue weighted by Crippen LogP contribution is -2.46. The van der Waals surface area contributed by atoms with Crippen LogP contribution in [0.4, 0.5) is 10.2 Å². The first kappa shape index (κ1) is 15.7. The highest BCUT2D eigenvalue weighted by molar-refractivity contribution is 7.09. The number of hydrogen-bond donors (Lipinski definition) is 0. The van der Waals surface area contributed by atoms with Crippen LogP contribution >= 0.6 is 11.3 Å². The minimum Gasteiger partial charge on any atom is -0.348 e. The minimum absolute atomic E-state index is 0.206. The van der Waals surface area contributed by atoms with Crippen LogP contribution in [0.3, 0.4) is 0 Å². The highest BCUT2D eigenvalue weighted by Gasteiger charge is 2.44. The SMILES string of the molecule is Fc1cccnc1N1CC2CC1CN2Cc1csc(C2CCCC2)n1. The second-order valence-corrected chi connectivity index (χ2v) is 8.48. The molecule has 2 aliphatic heterocycles. The maximum Gasteiger partial charge on any atom is 0.165 e. The summed E-state index contributed by atoms with van der Waals surface area (Å²) in [6.07, 6.45) is 8.13. The van der Waals surface area contributed by atoms with E-state index >= 15 is 0 Å². The normalized spacial score (nSPS) is 26.8. The lowest BCUT2D eigenvalue weighted by atomic mass is 10.1. The summed E-state index contributed by atoms with van der Waals surface area (Å²) in [5.74, 6) is 1.02. The molecule has 2 bridgehead atoms. The van der Waals surface area contributed by atoms with Crippen LogP contribution in [0.2, 0.25) is 0 Å². The molecule has 1 aliphatic carbocycles. The lowest BCUT2D eigenvalue weighted by molar-refractivity contribution is 0.227. The Balaban J connectivity index is 1.25. The average Bonchev–Trinajstić information content (AvgIpc) is 3.39. The van der Waals surface area contributed by atoms with E-state index in [1.807, 2.05) is 11.3 Å². The molecular weight excluding hydrogens is 335 g/mol. The molecule has 0 radical (unpaired) electrons. The van der Waals surface area contributed by atoms with Gasteiger partial charge in [-0.1, -0.05) is 12.8 Å². The minimum atomic E-state index is -0.206. The molecule has 25 heavy (non-hydrogen) atoms. The van der Waals surface area contributed by atoms with Gasteiger partial charge in [0.1, 0.15) is 0 Å². The van der Waals surface area contributed by atoms with Crippen molar-refractivity contribution in [1.29, 1.82) is 0 Å². The van der Waals surface area contributed by atoms with Gasteiger partial charge in [0, 0.05) is 49.2 Å². The van der Waals surface area contributed by atoms with Gasteiger partial charge in [-0.25, -0.2) is 14.4 Å². The molecule has 2 unspecified atom stereocenters. The molecule has 3 fully saturated rings. The summed E-state index contributed by atoms with van der Waals surface area (Å²) in [5, 5.41) is 3.59. The van der Waals surface area contributed by atoms with E-state index in [9.17, 15) is 4.39 Å². The van der Waals surface area contributed by atoms with Crippen molar-refractivity contribution in [1.82, 2.24) is 14.9 Å². The fourth-order valence-corrected chi connectivity index (χ4v) is 5.74. The van der Waals surface area contributed by atoms with Gasteiger partial charge >= 0.3 is 0 Å². The van der Waals surface area contributed by atoms with Crippen molar-refractivity contribution in [2.45, 2.75) is 56.7 Å². The zero-order chi connectivity index (χ0) is 16.8. The average molecular weight is 358 g/mol. The zero-order valence-electron chi connectivity index (χ0n) is 14.3. The molecule has 0 amide bonds. The van der Waals surface area contributed by atoms with Crippen molar-refractivity contribution in [2.75, 3.05) is 18.0 Å². The predicted octanol–water partition coefficient (Wildman–Crippen LogP) is 3.80. The monoisotopic (exact) mass is 358 g/mol. The third-order valence-corrected chi connectivity index (χ3v) is 7.06. The highest BCUT2D eigenvalue weighted by Crippen LogP contribution is 2.37. The number of hydrogen-bond acceptors (Lipinski definition) is 5. The van der Waals surface area contributed by atoms with E-state index in [2.05, 4.69) is 20.2 Å². The number of nitrogens with zero attached hydrogens (tertiary/aromatic N) is 4. The molecule has 2 aromatic heterocycles. The van der Waals surface area contributed by atoms with Crippen molar-refractivity contribution >= 4 is 17.2 Å². The second kappa shape index (κ2) is 6.32. The van der Waals surface area contributed by atoms with Gasteiger partial charge in [-0.2, -0.15) is 0 Å². The fourth-order valence-electron chi connectivity index (χ4n) is 4.75. The molecule has 2 atom stereocenters. The number of aromatic nitrogens is 2. The van der Waals surface area contributed by atoms with E-state index < -0.39 is 0 Å². The van der Waals surface area contributed by atoms with Crippen molar-refractivity contribution < 1.29 is 4.39 Å². The van der Waals surface area contributed by atoms with E-state index in [0.29, 0.717) is 23.8 Å². The van der Waals surface area contributed by atoms with Gasteiger partial charge in [0.25, 0.3) is 0 Å². The van der Waals surface area contributed by atoms with Crippen LogP contribution in [0.1, 0.15) is 48.7 Å². The van der Waals surface area contributed by atoms with E-state index in [1.54, 1.807) is 12.3 Å². The Hall–Kier alpha value is -1.53. The van der Waals surface area contributed by atoms with E-state index in [-0.39, 0.29) is 5.82 Å². The largest absolute Gasteiger partial charge is 0.348 e. The Morgan fingerprint density at radius 1 is 1.20 bits per heavy atom. The van der Waals surface area contributed by atoms with Gasteiger partial charge in [0.2, 0.25) is 0 Å². The molecule has 6 heteroatoms. The number of likely N-dealkylation sites (tertiary alicyclic amines) is 1. The van der Waals surface area contributed by atoms with E-state index in [4.69, 9.17) is 4.98 Å². The molecule has 2 aromatic rings. The summed E-state index contributed by atoms with van der Waals surface area (Å²) in [4.78, 5) is 13.9. The molecule has 0 spiro atoms. The molecule has 5 rings (SSSR count). The highest BCUT2D eigenvalue weighted by atomic mass is 32.1. The zero-order valence-corrected chi connectivity index (χ0v) is 15.1. The summed E-state index contributed by atoms with van der Waals surface area (Å²) in [6, 6.07) is 4.03. The van der Waals surface area contributed by atoms with E-state index in [1.165, 1.54) is 42.5 Å². The lowest BCUT2D eigenvalue weighted by Gasteiger charge is -2.34.